The number of pyridine rings is 1. The van der Waals surface area contributed by atoms with Crippen molar-refractivity contribution in [3.8, 4) is 0 Å². The molecule has 0 bridgehead atoms. The van der Waals surface area contributed by atoms with E-state index in [1.165, 1.54) is 19.1 Å². The van der Waals surface area contributed by atoms with E-state index in [4.69, 9.17) is 0 Å². The number of halogens is 1. The Morgan fingerprint density at radius 2 is 2.10 bits per heavy atom. The zero-order valence-corrected chi connectivity index (χ0v) is 11.6. The zero-order chi connectivity index (χ0) is 14.5. The van der Waals surface area contributed by atoms with E-state index in [1.807, 2.05) is 30.1 Å². The summed E-state index contributed by atoms with van der Waals surface area (Å²) >= 11 is 0. The highest BCUT2D eigenvalue weighted by Crippen LogP contribution is 2.21. The van der Waals surface area contributed by atoms with Gasteiger partial charge in [-0.15, -0.1) is 0 Å². The summed E-state index contributed by atoms with van der Waals surface area (Å²) in [7, 11) is 1.89. The van der Waals surface area contributed by atoms with E-state index in [-0.39, 0.29) is 5.78 Å². The molecular weight excluding hydrogens is 255 g/mol. The summed E-state index contributed by atoms with van der Waals surface area (Å²) in [4.78, 5) is 17.8. The van der Waals surface area contributed by atoms with Crippen molar-refractivity contribution in [2.24, 2.45) is 0 Å². The number of hydrogen-bond acceptors (Lipinski definition) is 3. The first kappa shape index (κ1) is 14.2. The molecule has 0 radical (unpaired) electrons. The summed E-state index contributed by atoms with van der Waals surface area (Å²) < 4.78 is 13.2. The van der Waals surface area contributed by atoms with Crippen molar-refractivity contribution >= 4 is 11.5 Å². The van der Waals surface area contributed by atoms with Crippen LogP contribution in [-0.4, -0.2) is 24.4 Å². The Balaban J connectivity index is 2.13. The second-order valence-corrected chi connectivity index (χ2v) is 4.71. The Morgan fingerprint density at radius 3 is 2.75 bits per heavy atom. The largest absolute Gasteiger partial charge is 0.374 e. The van der Waals surface area contributed by atoms with Crippen molar-refractivity contribution in [2.45, 2.75) is 13.3 Å². The number of carbonyl (C=O) groups excluding carboxylic acids is 1. The minimum Gasteiger partial charge on any atom is -0.374 e. The van der Waals surface area contributed by atoms with Crippen molar-refractivity contribution in [2.75, 3.05) is 18.5 Å². The van der Waals surface area contributed by atoms with Gasteiger partial charge >= 0.3 is 0 Å². The maximum atomic E-state index is 13.2. The first-order chi connectivity index (χ1) is 9.58. The molecule has 0 saturated carbocycles. The van der Waals surface area contributed by atoms with Gasteiger partial charge in [0.15, 0.2) is 5.78 Å². The van der Waals surface area contributed by atoms with Gasteiger partial charge in [-0.3, -0.25) is 9.78 Å². The first-order valence-corrected chi connectivity index (χ1v) is 6.49. The number of hydrogen-bond donors (Lipinski definition) is 0. The van der Waals surface area contributed by atoms with Crippen LogP contribution in [0.3, 0.4) is 0 Å². The lowest BCUT2D eigenvalue weighted by Crippen LogP contribution is -2.22. The number of likely N-dealkylation sites (N-methyl/N-ethyl adjacent to an activating group) is 1. The molecule has 0 aliphatic carbocycles. The predicted octanol–water partition coefficient (Wildman–Crippen LogP) is 3.10. The van der Waals surface area contributed by atoms with Crippen LogP contribution < -0.4 is 4.90 Å². The minimum atomic E-state index is -0.392. The molecule has 0 N–H and O–H groups in total. The molecule has 1 heterocycles. The molecule has 0 saturated heterocycles. The number of nitrogens with zero attached hydrogens (tertiary/aromatic N) is 2. The molecule has 0 spiro atoms. The second-order valence-electron chi connectivity index (χ2n) is 4.71. The SMILES string of the molecule is CC(=O)c1cc(F)ccc1N(C)CCc1ccccn1. The van der Waals surface area contributed by atoms with E-state index in [0.717, 1.165) is 17.8 Å². The highest BCUT2D eigenvalue weighted by Gasteiger charge is 2.12. The average molecular weight is 272 g/mol. The Labute approximate surface area is 118 Å². The Hall–Kier alpha value is -2.23. The van der Waals surface area contributed by atoms with Gasteiger partial charge in [-0.05, 0) is 37.3 Å². The van der Waals surface area contributed by atoms with E-state index >= 15 is 0 Å². The molecule has 2 aromatic rings. The van der Waals surface area contributed by atoms with Gasteiger partial charge in [-0.2, -0.15) is 0 Å². The van der Waals surface area contributed by atoms with E-state index in [2.05, 4.69) is 4.98 Å². The molecule has 0 fully saturated rings. The van der Waals surface area contributed by atoms with Crippen LogP contribution >= 0.6 is 0 Å². The molecule has 20 heavy (non-hydrogen) atoms. The van der Waals surface area contributed by atoms with Crippen LogP contribution in [0.25, 0.3) is 0 Å². The molecule has 0 aliphatic heterocycles. The second kappa shape index (κ2) is 6.28. The molecule has 104 valence electrons. The lowest BCUT2D eigenvalue weighted by atomic mass is 10.1. The number of carbonyl (C=O) groups is 1. The van der Waals surface area contributed by atoms with E-state index < -0.39 is 5.82 Å². The van der Waals surface area contributed by atoms with Crippen LogP contribution in [0.2, 0.25) is 0 Å². The molecule has 4 heteroatoms. The zero-order valence-electron chi connectivity index (χ0n) is 11.6. The van der Waals surface area contributed by atoms with Crippen LogP contribution in [-0.2, 0) is 6.42 Å². The topological polar surface area (TPSA) is 33.2 Å². The summed E-state index contributed by atoms with van der Waals surface area (Å²) in [6.45, 7) is 2.16. The predicted molar refractivity (Wildman–Crippen MR) is 77.6 cm³/mol. The molecular formula is C16H17FN2O. The minimum absolute atomic E-state index is 0.135. The summed E-state index contributed by atoms with van der Waals surface area (Å²) in [6, 6.07) is 10.1. The van der Waals surface area contributed by atoms with Crippen molar-refractivity contribution < 1.29 is 9.18 Å². The molecule has 1 aromatic heterocycles. The number of Topliss-reactive ketones (excluding diaryl/α,β-unsaturated/α-hetero) is 1. The van der Waals surface area contributed by atoms with Gasteiger partial charge in [-0.1, -0.05) is 6.07 Å². The standard InChI is InChI=1S/C16H17FN2O/c1-12(20)15-11-13(17)6-7-16(15)19(2)10-8-14-5-3-4-9-18-14/h3-7,9,11H,8,10H2,1-2H3. The summed E-state index contributed by atoms with van der Waals surface area (Å²) in [5, 5.41) is 0. The smallest absolute Gasteiger partial charge is 0.161 e. The lowest BCUT2D eigenvalue weighted by Gasteiger charge is -2.21. The molecule has 0 atom stereocenters. The molecule has 3 nitrogen and oxygen atoms in total. The third-order valence-corrected chi connectivity index (χ3v) is 3.18. The monoisotopic (exact) mass is 272 g/mol. The van der Waals surface area contributed by atoms with Crippen LogP contribution in [0.5, 0.6) is 0 Å². The maximum absolute atomic E-state index is 13.2. The highest BCUT2D eigenvalue weighted by molar-refractivity contribution is 5.99. The Kier molecular flexibility index (Phi) is 4.45. The fraction of sp³-hybridized carbons (Fsp3) is 0.250. The molecule has 0 unspecified atom stereocenters. The first-order valence-electron chi connectivity index (χ1n) is 6.49. The van der Waals surface area contributed by atoms with Gasteiger partial charge < -0.3 is 4.90 Å². The average Bonchev–Trinajstić information content (AvgIpc) is 2.45. The van der Waals surface area contributed by atoms with Gasteiger partial charge in [0.25, 0.3) is 0 Å². The number of ketones is 1. The van der Waals surface area contributed by atoms with E-state index in [1.54, 1.807) is 12.3 Å². The van der Waals surface area contributed by atoms with Crippen LogP contribution in [0.4, 0.5) is 10.1 Å². The molecule has 1 aromatic carbocycles. The molecule has 0 amide bonds. The van der Waals surface area contributed by atoms with Gasteiger partial charge in [0.2, 0.25) is 0 Å². The van der Waals surface area contributed by atoms with E-state index in [9.17, 15) is 9.18 Å². The third kappa shape index (κ3) is 3.41. The van der Waals surface area contributed by atoms with Gasteiger partial charge in [-0.25, -0.2) is 4.39 Å². The molecule has 0 aliphatic rings. The van der Waals surface area contributed by atoms with Crippen LogP contribution in [0.1, 0.15) is 23.0 Å². The fourth-order valence-electron chi connectivity index (χ4n) is 2.07. The summed E-state index contributed by atoms with van der Waals surface area (Å²) in [6.07, 6.45) is 2.53. The number of anilines is 1. The Bertz CT molecular complexity index is 599. The maximum Gasteiger partial charge on any atom is 0.161 e. The number of benzene rings is 1. The van der Waals surface area contributed by atoms with Gasteiger partial charge in [0.05, 0.1) is 0 Å². The van der Waals surface area contributed by atoms with Gasteiger partial charge in [0.1, 0.15) is 5.82 Å². The summed E-state index contributed by atoms with van der Waals surface area (Å²) in [5.74, 6) is -0.527. The lowest BCUT2D eigenvalue weighted by molar-refractivity contribution is 0.101. The van der Waals surface area contributed by atoms with Crippen molar-refractivity contribution in [1.29, 1.82) is 0 Å². The number of rotatable bonds is 5. The highest BCUT2D eigenvalue weighted by atomic mass is 19.1. The number of aromatic nitrogens is 1. The third-order valence-electron chi connectivity index (χ3n) is 3.18. The van der Waals surface area contributed by atoms with Gasteiger partial charge in [0, 0.05) is 43.2 Å². The van der Waals surface area contributed by atoms with Crippen molar-refractivity contribution in [3.05, 3.63) is 59.7 Å². The fourth-order valence-corrected chi connectivity index (χ4v) is 2.07. The molecule has 2 rings (SSSR count). The van der Waals surface area contributed by atoms with Crippen molar-refractivity contribution in [3.63, 3.8) is 0 Å². The van der Waals surface area contributed by atoms with Crippen LogP contribution in [0, 0.1) is 5.82 Å². The quantitative estimate of drug-likeness (QED) is 0.784. The van der Waals surface area contributed by atoms with E-state index in [0.29, 0.717) is 12.1 Å². The van der Waals surface area contributed by atoms with Crippen molar-refractivity contribution in [1.82, 2.24) is 4.98 Å². The van der Waals surface area contributed by atoms with Crippen LogP contribution in [0.15, 0.2) is 42.6 Å². The summed E-state index contributed by atoms with van der Waals surface area (Å²) in [5.41, 5.74) is 2.15. The Morgan fingerprint density at radius 1 is 1.30 bits per heavy atom. The normalized spacial score (nSPS) is 10.3.